The number of aldehydes is 1. The summed E-state index contributed by atoms with van der Waals surface area (Å²) >= 11 is 11.3. The van der Waals surface area contributed by atoms with E-state index >= 15 is 0 Å². The molecule has 9 atom stereocenters. The number of esters is 1. The summed E-state index contributed by atoms with van der Waals surface area (Å²) in [6, 6.07) is 0. The number of carbonyl (C=O) groups is 3. The summed E-state index contributed by atoms with van der Waals surface area (Å²) in [5, 5.41) is 76.3. The van der Waals surface area contributed by atoms with E-state index in [9.17, 15) is 50.1 Å². The van der Waals surface area contributed by atoms with Crippen LogP contribution >= 0.6 is 23.2 Å². The van der Waals surface area contributed by atoms with Gasteiger partial charge in [0.1, 0.15) is 23.0 Å². The number of methoxy groups -OCH3 is 1. The van der Waals surface area contributed by atoms with Crippen molar-refractivity contribution in [2.24, 2.45) is 11.8 Å². The monoisotopic (exact) mass is 1050 g/mol. The number of aliphatic hydroxyl groups is 5. The number of ether oxygens (including phenoxy) is 5. The zero-order valence-electron chi connectivity index (χ0n) is 44.0. The van der Waals surface area contributed by atoms with Crippen molar-refractivity contribution in [2.45, 2.75) is 182 Å². The van der Waals surface area contributed by atoms with Crippen LogP contribution in [-0.2, 0) is 39.7 Å². The highest BCUT2D eigenvalue weighted by Gasteiger charge is 2.38. The molecule has 2 aliphatic heterocycles. The van der Waals surface area contributed by atoms with E-state index in [0.717, 1.165) is 49.7 Å². The van der Waals surface area contributed by atoms with E-state index in [1.54, 1.807) is 32.9 Å². The summed E-state index contributed by atoms with van der Waals surface area (Å²) < 4.78 is 27.5. The largest absolute Gasteiger partial charge is 0.505 e. The van der Waals surface area contributed by atoms with Crippen LogP contribution in [0.1, 0.15) is 137 Å². The SMILES string of the molecule is CC(C)C(=O)OC1CCCOC1(C)C.CCC(/C=C(\C)C(O)C/C=C/C=C(\COC1OC(C)CC(O)C1OC)C(=O)O)[C@@H](O)/C(C)=C/C(C)=C/CCC(C)O.CCc1c(Cl)c(O)c(Cl)c(O)c1C=O.CO. The summed E-state index contributed by atoms with van der Waals surface area (Å²) in [6.45, 7) is 21.1. The zero-order valence-corrected chi connectivity index (χ0v) is 45.5. The lowest BCUT2D eigenvalue weighted by Crippen LogP contribution is -2.50. The fourth-order valence-corrected chi connectivity index (χ4v) is 7.92. The first kappa shape index (κ1) is 67.3. The molecule has 1 aromatic rings. The molecule has 2 saturated heterocycles. The van der Waals surface area contributed by atoms with Crippen LogP contribution in [0.4, 0.5) is 0 Å². The third-order valence-corrected chi connectivity index (χ3v) is 12.5. The number of aromatic hydroxyl groups is 2. The molecule has 8 N–H and O–H groups in total. The number of allylic oxidation sites excluding steroid dienone is 5. The van der Waals surface area contributed by atoms with Gasteiger partial charge < -0.3 is 64.5 Å². The Morgan fingerprint density at radius 3 is 2.14 bits per heavy atom. The van der Waals surface area contributed by atoms with Crippen LogP contribution in [0.2, 0.25) is 10.0 Å². The molecule has 8 unspecified atom stereocenters. The van der Waals surface area contributed by atoms with Gasteiger partial charge in [0, 0.05) is 33.2 Å². The molecule has 0 spiro atoms. The number of aliphatic carboxylic acids is 1. The van der Waals surface area contributed by atoms with Gasteiger partial charge in [0.05, 0.1) is 64.8 Å². The maximum absolute atomic E-state index is 11.7. The molecule has 0 radical (unpaired) electrons. The van der Waals surface area contributed by atoms with Gasteiger partial charge in [-0.15, -0.1) is 0 Å². The van der Waals surface area contributed by atoms with Crippen molar-refractivity contribution in [3.8, 4) is 11.5 Å². The van der Waals surface area contributed by atoms with Gasteiger partial charge in [0.2, 0.25) is 0 Å². The number of phenolic OH excluding ortho intramolecular Hbond substituents is 2. The summed E-state index contributed by atoms with van der Waals surface area (Å²) in [7, 11) is 2.44. The average Bonchev–Trinajstić information content (AvgIpc) is 3.31. The number of carbonyl (C=O) groups excluding carboxylic acids is 2. The summed E-state index contributed by atoms with van der Waals surface area (Å²) in [4.78, 5) is 33.8. The predicted octanol–water partition coefficient (Wildman–Crippen LogP) is 8.75. The van der Waals surface area contributed by atoms with Gasteiger partial charge in [-0.05, 0) is 116 Å². The first-order chi connectivity index (χ1) is 33.3. The number of halogens is 2. The van der Waals surface area contributed by atoms with Crippen molar-refractivity contribution < 1.29 is 78.9 Å². The van der Waals surface area contributed by atoms with Gasteiger partial charge in [0.15, 0.2) is 18.3 Å². The number of rotatable bonds is 21. The molecule has 0 bridgehead atoms. The highest BCUT2D eigenvalue weighted by Crippen LogP contribution is 2.43. The molecule has 406 valence electrons. The molecule has 0 saturated carbocycles. The molecule has 0 aromatic heterocycles. The van der Waals surface area contributed by atoms with Crippen LogP contribution in [0.5, 0.6) is 11.5 Å². The molecule has 16 nitrogen and oxygen atoms in total. The van der Waals surface area contributed by atoms with Gasteiger partial charge in [-0.2, -0.15) is 0 Å². The van der Waals surface area contributed by atoms with E-state index in [-0.39, 0.29) is 75.9 Å². The van der Waals surface area contributed by atoms with E-state index in [1.807, 2.05) is 73.6 Å². The minimum Gasteiger partial charge on any atom is -0.505 e. The first-order valence-electron chi connectivity index (χ1n) is 24.1. The Morgan fingerprint density at radius 2 is 1.62 bits per heavy atom. The lowest BCUT2D eigenvalue weighted by Gasteiger charge is -2.38. The normalized spacial score (nSPS) is 22.4. The lowest BCUT2D eigenvalue weighted by molar-refractivity contribution is -0.266. The summed E-state index contributed by atoms with van der Waals surface area (Å²) in [5.41, 5.74) is 2.65. The van der Waals surface area contributed by atoms with E-state index in [4.69, 9.17) is 52.0 Å². The van der Waals surface area contributed by atoms with Crippen LogP contribution in [0, 0.1) is 11.8 Å². The molecule has 18 heteroatoms. The number of hydrogen-bond donors (Lipinski definition) is 8. The van der Waals surface area contributed by atoms with Crippen molar-refractivity contribution in [1.29, 1.82) is 0 Å². The maximum Gasteiger partial charge on any atom is 0.333 e. The molecule has 3 rings (SSSR count). The second-order valence-electron chi connectivity index (χ2n) is 18.4. The standard InChI is InChI=1S/C32H52O9.C11H20O3.C9H8Cl2O3.CH4O/c1-8-25(29(36)22(4)16-20(2)12-11-13-23(5)33)17-21(3)27(34)15-10-9-14-26(31(37)38)19-40-32-30(39-7)28(35)18-24(6)41-32;1-8(2)10(12)14-9-6-5-7-13-11(9,3)4;1-2-4-5(3-12)8(13)7(11)9(14)6(4)10;1-2/h9-10,12,14,16-17,23-25,27-30,32-36H,8,11,13,15,18-19H2,1-7H3,(H,37,38);8-9H,5-7H2,1-4H3;3,13-14H,2H2,1H3;2H,1H3/b10-9+,20-12+,21-17+,22-16+,26-14+;;;/t23?,24?,25?,27?,28?,29-,30?,32?;;;/m0.../s1. The predicted molar refractivity (Wildman–Crippen MR) is 276 cm³/mol. The first-order valence-corrected chi connectivity index (χ1v) is 24.8. The molecule has 1 aromatic carbocycles. The average molecular weight is 1050 g/mol. The maximum atomic E-state index is 11.7. The third-order valence-electron chi connectivity index (χ3n) is 11.7. The lowest BCUT2D eigenvalue weighted by atomic mass is 9.90. The second kappa shape index (κ2) is 34.7. The van der Waals surface area contributed by atoms with Gasteiger partial charge in [-0.1, -0.05) is 86.9 Å². The number of aliphatic hydroxyl groups excluding tert-OH is 5. The zero-order chi connectivity index (χ0) is 54.8. The highest BCUT2D eigenvalue weighted by molar-refractivity contribution is 6.39. The molecule has 71 heavy (non-hydrogen) atoms. The summed E-state index contributed by atoms with van der Waals surface area (Å²) in [6.07, 6.45) is 11.5. The van der Waals surface area contributed by atoms with Gasteiger partial charge in [-0.3, -0.25) is 9.59 Å². The van der Waals surface area contributed by atoms with Gasteiger partial charge in [-0.25, -0.2) is 4.79 Å². The second-order valence-corrected chi connectivity index (χ2v) is 19.1. The molecule has 0 amide bonds. The highest BCUT2D eigenvalue weighted by atomic mass is 35.5. The van der Waals surface area contributed by atoms with Gasteiger partial charge in [0.25, 0.3) is 0 Å². The number of carboxylic acids is 1. The molecule has 0 aliphatic carbocycles. The number of phenols is 2. The van der Waals surface area contributed by atoms with Crippen molar-refractivity contribution in [3.05, 3.63) is 79.9 Å². The van der Waals surface area contributed by atoms with E-state index in [2.05, 4.69) is 0 Å². The van der Waals surface area contributed by atoms with E-state index in [0.29, 0.717) is 37.5 Å². The fourth-order valence-electron chi connectivity index (χ4n) is 7.35. The smallest absolute Gasteiger partial charge is 0.333 e. The van der Waals surface area contributed by atoms with Crippen molar-refractivity contribution >= 4 is 41.4 Å². The Morgan fingerprint density at radius 1 is 0.986 bits per heavy atom. The van der Waals surface area contributed by atoms with E-state index in [1.165, 1.54) is 13.2 Å². The molecule has 2 fully saturated rings. The van der Waals surface area contributed by atoms with Crippen LogP contribution in [-0.4, -0.2) is 141 Å². The number of hydrogen-bond acceptors (Lipinski definition) is 15. The van der Waals surface area contributed by atoms with Crippen LogP contribution in [0.25, 0.3) is 0 Å². The third kappa shape index (κ3) is 23.4. The number of benzene rings is 1. The van der Waals surface area contributed by atoms with Crippen molar-refractivity contribution in [2.75, 3.05) is 27.4 Å². The Bertz CT molecular complexity index is 1940. The minimum atomic E-state index is -1.15. The Hall–Kier alpha value is -3.65. The number of carboxylic acid groups (broad SMARTS) is 1. The Labute approximate surface area is 431 Å². The van der Waals surface area contributed by atoms with Crippen LogP contribution < -0.4 is 0 Å². The fraction of sp³-hybridized carbons (Fsp3) is 0.642. The topological polar surface area (TPSA) is 259 Å². The molecular weight excluding hydrogens is 963 g/mol. The van der Waals surface area contributed by atoms with Crippen molar-refractivity contribution in [1.82, 2.24) is 0 Å². The van der Waals surface area contributed by atoms with Gasteiger partial charge >= 0.3 is 11.9 Å². The molecular formula is C53H84Cl2O16. The molecule has 2 aliphatic rings. The Kier molecular flexibility index (Phi) is 32.9. The Balaban J connectivity index is 0.00000131. The van der Waals surface area contributed by atoms with Crippen LogP contribution in [0.3, 0.4) is 0 Å². The molecule has 2 heterocycles. The summed E-state index contributed by atoms with van der Waals surface area (Å²) in [5.74, 6) is -2.35. The van der Waals surface area contributed by atoms with Crippen LogP contribution in [0.15, 0.2) is 58.7 Å². The van der Waals surface area contributed by atoms with Crippen molar-refractivity contribution in [3.63, 3.8) is 0 Å². The van der Waals surface area contributed by atoms with E-state index < -0.39 is 48.2 Å². The minimum absolute atomic E-state index is 0.0115. The quantitative estimate of drug-likeness (QED) is 0.0188.